The maximum absolute atomic E-state index is 10.1. The molecule has 0 radical (unpaired) electrons. The normalized spacial score (nSPS) is 52.5. The molecule has 0 amide bonds. The van der Waals surface area contributed by atoms with Gasteiger partial charge in [-0.2, -0.15) is 0 Å². The van der Waals surface area contributed by atoms with E-state index < -0.39 is 0 Å². The molecule has 3 heteroatoms. The van der Waals surface area contributed by atoms with E-state index in [9.17, 15) is 5.11 Å². The molecule has 0 bridgehead atoms. The minimum atomic E-state index is -0.281. The first-order valence-electron chi connectivity index (χ1n) is 10.1. The van der Waals surface area contributed by atoms with Crippen LogP contribution in [0.15, 0.2) is 11.6 Å². The van der Waals surface area contributed by atoms with Crippen molar-refractivity contribution in [3.8, 4) is 0 Å². The van der Waals surface area contributed by atoms with Crippen LogP contribution in [0.5, 0.6) is 0 Å². The second-order valence-electron chi connectivity index (χ2n) is 9.60. The molecule has 24 heavy (non-hydrogen) atoms. The predicted octanol–water partition coefficient (Wildman–Crippen LogP) is 4.05. The minimum absolute atomic E-state index is 0.107. The van der Waals surface area contributed by atoms with Crippen molar-refractivity contribution < 1.29 is 14.6 Å². The lowest BCUT2D eigenvalue weighted by atomic mass is 9.47. The summed E-state index contributed by atoms with van der Waals surface area (Å²) in [5, 5.41) is 10.1. The van der Waals surface area contributed by atoms with Gasteiger partial charge in [0.05, 0.1) is 19.3 Å². The van der Waals surface area contributed by atoms with Crippen molar-refractivity contribution in [2.24, 2.45) is 28.6 Å². The molecular formula is C21H32O3. The summed E-state index contributed by atoms with van der Waals surface area (Å²) >= 11 is 0. The third-order valence-corrected chi connectivity index (χ3v) is 8.88. The molecule has 0 aromatic rings. The summed E-state index contributed by atoms with van der Waals surface area (Å²) < 4.78 is 12.5. The fourth-order valence-electron chi connectivity index (χ4n) is 7.53. The number of hydrogen-bond donors (Lipinski definition) is 1. The van der Waals surface area contributed by atoms with Gasteiger partial charge < -0.3 is 14.6 Å². The molecule has 3 saturated carbocycles. The largest absolute Gasteiger partial charge is 0.393 e. The molecule has 5 rings (SSSR count). The summed E-state index contributed by atoms with van der Waals surface area (Å²) in [6.07, 6.45) is 11.6. The standard InChI is InChI=1S/C21H32O3/c1-19-8-5-15(22)13-14(19)3-4-16-17(19)6-9-20(2)18(16)7-10-21(20)23-11-12-24-21/h3,15-18,22H,4-13H2,1-2H3/t15-,16+,17-,18-,19+,20+/m1/s1. The number of rotatable bonds is 0. The van der Waals surface area contributed by atoms with Crippen molar-refractivity contribution in [2.75, 3.05) is 13.2 Å². The first kappa shape index (κ1) is 15.8. The van der Waals surface area contributed by atoms with Gasteiger partial charge in [-0.15, -0.1) is 0 Å². The molecule has 1 N–H and O–H groups in total. The Kier molecular flexibility index (Phi) is 3.35. The van der Waals surface area contributed by atoms with Gasteiger partial charge in [-0.3, -0.25) is 0 Å². The monoisotopic (exact) mass is 332 g/mol. The van der Waals surface area contributed by atoms with E-state index in [1.807, 2.05) is 0 Å². The second kappa shape index (κ2) is 5.08. The molecule has 134 valence electrons. The molecule has 0 unspecified atom stereocenters. The Morgan fingerprint density at radius 1 is 1.00 bits per heavy atom. The molecule has 1 spiro atoms. The molecule has 5 aliphatic rings. The van der Waals surface area contributed by atoms with Gasteiger partial charge in [-0.25, -0.2) is 0 Å². The van der Waals surface area contributed by atoms with Gasteiger partial charge in [0.15, 0.2) is 5.79 Å². The lowest BCUT2D eigenvalue weighted by molar-refractivity contribution is -0.242. The van der Waals surface area contributed by atoms with E-state index in [4.69, 9.17) is 9.47 Å². The van der Waals surface area contributed by atoms with E-state index in [0.29, 0.717) is 5.41 Å². The van der Waals surface area contributed by atoms with Gasteiger partial charge in [0.2, 0.25) is 0 Å². The van der Waals surface area contributed by atoms with Crippen LogP contribution < -0.4 is 0 Å². The SMILES string of the molecule is C[C@]12CC[C@@H](O)CC1=CC[C@H]1[C@H]2CC[C@@]2(C)[C@@H]1CCC21OCCO1. The number of allylic oxidation sites excluding steroid dienone is 1. The highest BCUT2D eigenvalue weighted by atomic mass is 16.7. The Bertz CT molecular complexity index is 563. The van der Waals surface area contributed by atoms with E-state index >= 15 is 0 Å². The van der Waals surface area contributed by atoms with Crippen molar-refractivity contribution in [1.29, 1.82) is 0 Å². The van der Waals surface area contributed by atoms with Crippen LogP contribution in [-0.2, 0) is 9.47 Å². The van der Waals surface area contributed by atoms with Gasteiger partial charge in [0.1, 0.15) is 0 Å². The zero-order chi connectivity index (χ0) is 16.6. The molecule has 1 aliphatic heterocycles. The zero-order valence-corrected chi connectivity index (χ0v) is 15.2. The van der Waals surface area contributed by atoms with Crippen molar-refractivity contribution in [3.63, 3.8) is 0 Å². The number of aliphatic hydroxyl groups excluding tert-OH is 1. The topological polar surface area (TPSA) is 38.7 Å². The van der Waals surface area contributed by atoms with Crippen LogP contribution in [0, 0.1) is 28.6 Å². The third kappa shape index (κ3) is 1.84. The highest BCUT2D eigenvalue weighted by Gasteiger charge is 2.66. The Morgan fingerprint density at radius 2 is 1.75 bits per heavy atom. The van der Waals surface area contributed by atoms with Gasteiger partial charge in [-0.05, 0) is 68.1 Å². The van der Waals surface area contributed by atoms with Gasteiger partial charge in [-0.1, -0.05) is 25.5 Å². The minimum Gasteiger partial charge on any atom is -0.393 e. The van der Waals surface area contributed by atoms with Crippen LogP contribution in [0.25, 0.3) is 0 Å². The first-order chi connectivity index (χ1) is 11.5. The molecule has 4 fully saturated rings. The van der Waals surface area contributed by atoms with Crippen molar-refractivity contribution >= 4 is 0 Å². The number of hydrogen-bond acceptors (Lipinski definition) is 3. The lowest BCUT2D eigenvalue weighted by Gasteiger charge is -2.58. The van der Waals surface area contributed by atoms with Gasteiger partial charge >= 0.3 is 0 Å². The van der Waals surface area contributed by atoms with Crippen molar-refractivity contribution in [2.45, 2.75) is 77.1 Å². The molecule has 0 aromatic carbocycles. The quantitative estimate of drug-likeness (QED) is 0.680. The van der Waals surface area contributed by atoms with Crippen LogP contribution >= 0.6 is 0 Å². The van der Waals surface area contributed by atoms with Crippen LogP contribution in [0.1, 0.15) is 65.2 Å². The Labute approximate surface area is 145 Å². The first-order valence-corrected chi connectivity index (χ1v) is 10.1. The highest BCUT2D eigenvalue weighted by Crippen LogP contribution is 2.68. The number of aliphatic hydroxyl groups is 1. The maximum Gasteiger partial charge on any atom is 0.174 e. The van der Waals surface area contributed by atoms with E-state index in [1.165, 1.54) is 32.1 Å². The Hall–Kier alpha value is -0.380. The van der Waals surface area contributed by atoms with Crippen molar-refractivity contribution in [1.82, 2.24) is 0 Å². The van der Waals surface area contributed by atoms with Gasteiger partial charge in [0.25, 0.3) is 0 Å². The number of ether oxygens (including phenoxy) is 2. The summed E-state index contributed by atoms with van der Waals surface area (Å²) in [7, 11) is 0. The average Bonchev–Trinajstić information content (AvgIpc) is 3.15. The molecule has 3 nitrogen and oxygen atoms in total. The molecule has 1 saturated heterocycles. The van der Waals surface area contributed by atoms with Gasteiger partial charge in [0, 0.05) is 11.8 Å². The lowest BCUT2D eigenvalue weighted by Crippen LogP contribution is -2.55. The molecule has 6 atom stereocenters. The van der Waals surface area contributed by atoms with E-state index in [-0.39, 0.29) is 17.3 Å². The Morgan fingerprint density at radius 3 is 2.54 bits per heavy atom. The van der Waals surface area contributed by atoms with E-state index in [1.54, 1.807) is 5.57 Å². The summed E-state index contributed by atoms with van der Waals surface area (Å²) in [5.41, 5.74) is 2.09. The van der Waals surface area contributed by atoms with E-state index in [0.717, 1.165) is 50.2 Å². The predicted molar refractivity (Wildman–Crippen MR) is 92.3 cm³/mol. The zero-order valence-electron chi connectivity index (χ0n) is 15.2. The molecule has 0 aromatic heterocycles. The number of fused-ring (bicyclic) bond motifs is 6. The Balaban J connectivity index is 1.49. The summed E-state index contributed by atoms with van der Waals surface area (Å²) in [6.45, 7) is 6.50. The van der Waals surface area contributed by atoms with Crippen molar-refractivity contribution in [3.05, 3.63) is 11.6 Å². The van der Waals surface area contributed by atoms with Crippen LogP contribution in [0.4, 0.5) is 0 Å². The summed E-state index contributed by atoms with van der Waals surface area (Å²) in [5.74, 6) is 2.02. The molecule has 1 heterocycles. The third-order valence-electron chi connectivity index (χ3n) is 8.88. The molecule has 4 aliphatic carbocycles. The smallest absolute Gasteiger partial charge is 0.174 e. The molecular weight excluding hydrogens is 300 g/mol. The van der Waals surface area contributed by atoms with Crippen LogP contribution in [0.3, 0.4) is 0 Å². The average molecular weight is 332 g/mol. The summed E-state index contributed by atoms with van der Waals surface area (Å²) in [4.78, 5) is 0. The fraction of sp³-hybridized carbons (Fsp3) is 0.905. The fourth-order valence-corrected chi connectivity index (χ4v) is 7.53. The van der Waals surface area contributed by atoms with Crippen LogP contribution in [0.2, 0.25) is 0 Å². The second-order valence-corrected chi connectivity index (χ2v) is 9.60. The summed E-state index contributed by atoms with van der Waals surface area (Å²) in [6, 6.07) is 0. The van der Waals surface area contributed by atoms with E-state index in [2.05, 4.69) is 19.9 Å². The highest BCUT2D eigenvalue weighted by molar-refractivity contribution is 5.26. The van der Waals surface area contributed by atoms with Crippen LogP contribution in [-0.4, -0.2) is 30.2 Å². The maximum atomic E-state index is 10.1.